The molecule has 0 aromatic heterocycles. The molecule has 1 nitrogen and oxygen atoms in total. The van der Waals surface area contributed by atoms with E-state index < -0.39 is 26.9 Å². The Morgan fingerprint density at radius 2 is 1.83 bits per heavy atom. The molecule has 1 aromatic rings. The van der Waals surface area contributed by atoms with E-state index in [1.807, 2.05) is 0 Å². The van der Waals surface area contributed by atoms with Crippen molar-refractivity contribution in [2.24, 2.45) is 0 Å². The van der Waals surface area contributed by atoms with E-state index >= 15 is 0 Å². The van der Waals surface area contributed by atoms with E-state index in [9.17, 15) is 17.4 Å². The van der Waals surface area contributed by atoms with Gasteiger partial charge in [-0.2, -0.15) is 13.2 Å². The Balaban J connectivity index is 2.43. The van der Waals surface area contributed by atoms with Crippen LogP contribution in [-0.4, -0.2) is 14.7 Å². The molecule has 1 atom stereocenters. The highest BCUT2D eigenvalue weighted by atomic mass is 35.5. The molecule has 0 saturated carbocycles. The van der Waals surface area contributed by atoms with E-state index in [1.165, 1.54) is 18.2 Å². The summed E-state index contributed by atoms with van der Waals surface area (Å²) in [7, 11) is -1.95. The van der Waals surface area contributed by atoms with Crippen LogP contribution in [0.5, 0.6) is 0 Å². The van der Waals surface area contributed by atoms with Gasteiger partial charge in [0.15, 0.2) is 4.33 Å². The first kappa shape index (κ1) is 18.6. The molecule has 0 N–H and O–H groups in total. The summed E-state index contributed by atoms with van der Waals surface area (Å²) in [5.74, 6) is 0. The van der Waals surface area contributed by atoms with Crippen LogP contribution in [0.1, 0.15) is 6.42 Å². The van der Waals surface area contributed by atoms with Crippen molar-refractivity contribution in [1.82, 2.24) is 0 Å². The summed E-state index contributed by atoms with van der Waals surface area (Å²) in [6.45, 7) is 0. The summed E-state index contributed by atoms with van der Waals surface area (Å²) in [5.41, 5.74) is -1.25. The fourth-order valence-corrected chi connectivity index (χ4v) is 3.36. The van der Waals surface area contributed by atoms with E-state index in [1.54, 1.807) is 18.2 Å². The topological polar surface area (TPSA) is 17.1 Å². The van der Waals surface area contributed by atoms with Crippen LogP contribution in [0.25, 0.3) is 0 Å². The van der Waals surface area contributed by atoms with Crippen molar-refractivity contribution in [2.75, 3.05) is 0 Å². The van der Waals surface area contributed by atoms with Crippen molar-refractivity contribution < 1.29 is 17.4 Å². The average Bonchev–Trinajstić information content (AvgIpc) is 2.47. The number of alkyl halides is 5. The lowest BCUT2D eigenvalue weighted by Crippen LogP contribution is -2.20. The Kier molecular flexibility index (Phi) is 5.67. The van der Waals surface area contributed by atoms with Gasteiger partial charge < -0.3 is 0 Å². The highest BCUT2D eigenvalue weighted by Crippen LogP contribution is 2.44. The van der Waals surface area contributed by atoms with Gasteiger partial charge in [0.05, 0.1) is 21.4 Å². The van der Waals surface area contributed by atoms with Crippen molar-refractivity contribution in [3.63, 3.8) is 0 Å². The van der Waals surface area contributed by atoms with Crippen molar-refractivity contribution in [3.8, 4) is 0 Å². The molecule has 2 rings (SSSR count). The molecule has 0 fully saturated rings. The number of hydrogen-bond acceptors (Lipinski definition) is 1. The Morgan fingerprint density at radius 1 is 1.22 bits per heavy atom. The normalized spacial score (nSPS) is 19.8. The molecule has 0 amide bonds. The molecule has 8 heteroatoms. The number of halogens is 6. The second-order valence-electron chi connectivity index (χ2n) is 4.70. The molecular formula is C15H10Cl3F3OS. The van der Waals surface area contributed by atoms with Crippen LogP contribution in [0.4, 0.5) is 13.2 Å². The molecule has 1 aromatic carbocycles. The first-order valence-corrected chi connectivity index (χ1v) is 8.66. The van der Waals surface area contributed by atoms with Crippen molar-refractivity contribution >= 4 is 45.6 Å². The highest BCUT2D eigenvalue weighted by molar-refractivity contribution is 7.88. The first-order valence-electron chi connectivity index (χ1n) is 6.32. The molecule has 0 bridgehead atoms. The predicted octanol–water partition coefficient (Wildman–Crippen LogP) is 5.87. The van der Waals surface area contributed by atoms with Crippen LogP contribution in [0, 0.1) is 0 Å². The van der Waals surface area contributed by atoms with Crippen LogP contribution in [0.3, 0.4) is 0 Å². The third kappa shape index (κ3) is 4.63. The molecule has 0 spiro atoms. The van der Waals surface area contributed by atoms with Gasteiger partial charge in [0, 0.05) is 16.7 Å². The third-order valence-electron chi connectivity index (χ3n) is 3.03. The van der Waals surface area contributed by atoms with Gasteiger partial charge in [-0.1, -0.05) is 59.1 Å². The van der Waals surface area contributed by atoms with E-state index in [-0.39, 0.29) is 21.9 Å². The van der Waals surface area contributed by atoms with Crippen LogP contribution >= 0.6 is 34.8 Å². The molecule has 0 aliphatic heterocycles. The minimum atomic E-state index is -4.69. The zero-order valence-electron chi connectivity index (χ0n) is 11.4. The van der Waals surface area contributed by atoms with Crippen LogP contribution in [0.15, 0.2) is 69.0 Å². The van der Waals surface area contributed by atoms with E-state index in [2.05, 4.69) is 0 Å². The smallest absolute Gasteiger partial charge is 0.250 e. The van der Waals surface area contributed by atoms with Crippen LogP contribution in [-0.2, 0) is 10.8 Å². The third-order valence-corrected chi connectivity index (χ3v) is 5.55. The summed E-state index contributed by atoms with van der Waals surface area (Å²) in [4.78, 5) is 0.268. The second-order valence-corrected chi connectivity index (χ2v) is 7.89. The van der Waals surface area contributed by atoms with Gasteiger partial charge in [-0.25, -0.2) is 4.21 Å². The maximum absolute atomic E-state index is 13.3. The average molecular weight is 402 g/mol. The summed E-state index contributed by atoms with van der Waals surface area (Å²) in [6, 6.07) is 7.85. The largest absolute Gasteiger partial charge is 0.417 e. The zero-order valence-corrected chi connectivity index (χ0v) is 14.5. The second kappa shape index (κ2) is 7.01. The van der Waals surface area contributed by atoms with Crippen molar-refractivity contribution in [1.29, 1.82) is 0 Å². The minimum Gasteiger partial charge on any atom is -0.250 e. The Morgan fingerprint density at radius 3 is 2.35 bits per heavy atom. The maximum Gasteiger partial charge on any atom is 0.417 e. The first-order chi connectivity index (χ1) is 10.6. The van der Waals surface area contributed by atoms with Gasteiger partial charge in [-0.15, -0.1) is 0 Å². The lowest BCUT2D eigenvalue weighted by molar-refractivity contribution is -0.0888. The van der Waals surface area contributed by atoms with Crippen molar-refractivity contribution in [3.05, 3.63) is 64.1 Å². The molecule has 1 unspecified atom stereocenters. The SMILES string of the molecule is O=S(C=C(C1=CCC(Cl)(Cl)C(Cl)=C1)C(F)(F)F)c1ccccc1. The van der Waals surface area contributed by atoms with Gasteiger partial charge in [0.25, 0.3) is 0 Å². The number of allylic oxidation sites excluding steroid dienone is 5. The van der Waals surface area contributed by atoms with Gasteiger partial charge >= 0.3 is 6.18 Å². The van der Waals surface area contributed by atoms with Gasteiger partial charge in [-0.05, 0) is 23.8 Å². The van der Waals surface area contributed by atoms with E-state index in [0.29, 0.717) is 5.41 Å². The molecule has 0 heterocycles. The Bertz CT molecular complexity index is 706. The summed E-state index contributed by atoms with van der Waals surface area (Å²) in [6.07, 6.45) is -2.49. The zero-order chi connectivity index (χ0) is 17.3. The Hall–Kier alpha value is -0.750. The number of benzene rings is 1. The van der Waals surface area contributed by atoms with Crippen LogP contribution in [0.2, 0.25) is 0 Å². The molecule has 23 heavy (non-hydrogen) atoms. The number of rotatable bonds is 3. The molecule has 1 aliphatic carbocycles. The minimum absolute atomic E-state index is 0.0772. The Labute approximate surface area is 148 Å². The summed E-state index contributed by atoms with van der Waals surface area (Å²) < 4.78 is 50.7. The predicted molar refractivity (Wildman–Crippen MR) is 88.1 cm³/mol. The monoisotopic (exact) mass is 400 g/mol. The lowest BCUT2D eigenvalue weighted by Gasteiger charge is -2.24. The van der Waals surface area contributed by atoms with Gasteiger partial charge in [0.2, 0.25) is 0 Å². The number of hydrogen-bond donors (Lipinski definition) is 0. The van der Waals surface area contributed by atoms with Crippen LogP contribution < -0.4 is 0 Å². The van der Waals surface area contributed by atoms with Gasteiger partial charge in [0.1, 0.15) is 0 Å². The highest BCUT2D eigenvalue weighted by Gasteiger charge is 2.39. The molecule has 124 valence electrons. The maximum atomic E-state index is 13.3. The van der Waals surface area contributed by atoms with Crippen molar-refractivity contribution in [2.45, 2.75) is 21.8 Å². The molecular weight excluding hydrogens is 392 g/mol. The molecule has 0 radical (unpaired) electrons. The summed E-state index contributed by atoms with van der Waals surface area (Å²) in [5, 5.41) is 0.552. The molecule has 0 saturated heterocycles. The lowest BCUT2D eigenvalue weighted by atomic mass is 10.00. The van der Waals surface area contributed by atoms with E-state index in [4.69, 9.17) is 34.8 Å². The fraction of sp³-hybridized carbons (Fsp3) is 0.200. The summed E-state index contributed by atoms with van der Waals surface area (Å²) >= 11 is 17.6. The standard InChI is InChI=1S/C15H10Cl3F3OS/c16-13-8-10(6-7-14(13,17)18)12(15(19,20)21)9-23(22)11-4-2-1-3-5-11/h1-6,8-9H,7H2. The van der Waals surface area contributed by atoms with E-state index in [0.717, 1.165) is 6.08 Å². The van der Waals surface area contributed by atoms with Gasteiger partial charge in [-0.3, -0.25) is 0 Å². The molecule has 1 aliphatic rings. The fourth-order valence-electron chi connectivity index (χ4n) is 1.85. The quantitative estimate of drug-likeness (QED) is 0.579.